The second kappa shape index (κ2) is 11.8. The average molecular weight is 529 g/mol. The van der Waals surface area contributed by atoms with E-state index in [0.29, 0.717) is 22.9 Å². The maximum atomic E-state index is 12.8. The molecular formula is C22H27BCl2N2O6S. The Morgan fingerprint density at radius 1 is 1.18 bits per heavy atom. The molecule has 3 rings (SSSR count). The van der Waals surface area contributed by atoms with Gasteiger partial charge in [0.15, 0.2) is 5.78 Å². The van der Waals surface area contributed by atoms with Crippen LogP contribution < -0.4 is 5.32 Å². The molecule has 2 aliphatic heterocycles. The Morgan fingerprint density at radius 2 is 1.79 bits per heavy atom. The summed E-state index contributed by atoms with van der Waals surface area (Å²) in [5.74, 6) is -1.10. The smallest absolute Gasteiger partial charge is 0.498 e. The van der Waals surface area contributed by atoms with Crippen LogP contribution in [0.15, 0.2) is 18.2 Å². The van der Waals surface area contributed by atoms with Gasteiger partial charge in [0.05, 0.1) is 17.1 Å². The van der Waals surface area contributed by atoms with E-state index in [0.717, 1.165) is 0 Å². The molecule has 184 valence electrons. The number of likely N-dealkylation sites (N-methyl/N-ethyl adjacent to an activating group) is 1. The highest BCUT2D eigenvalue weighted by Gasteiger charge is 2.48. The Bertz CT molecular complexity index is 939. The van der Waals surface area contributed by atoms with Crippen molar-refractivity contribution >= 4 is 65.7 Å². The van der Waals surface area contributed by atoms with E-state index in [2.05, 4.69) is 5.32 Å². The van der Waals surface area contributed by atoms with Crippen LogP contribution in [0.1, 0.15) is 37.0 Å². The number of nitrogens with zero attached hydrogens (tertiary/aromatic N) is 1. The lowest BCUT2D eigenvalue weighted by Crippen LogP contribution is -2.59. The molecule has 2 saturated heterocycles. The van der Waals surface area contributed by atoms with E-state index in [1.54, 1.807) is 18.0 Å². The maximum absolute atomic E-state index is 12.8. The van der Waals surface area contributed by atoms with Crippen molar-refractivity contribution < 1.29 is 28.5 Å². The summed E-state index contributed by atoms with van der Waals surface area (Å²) in [5, 5.41) is 3.11. The third-order valence-electron chi connectivity index (χ3n) is 5.81. The van der Waals surface area contributed by atoms with Gasteiger partial charge in [-0.2, -0.15) is 11.8 Å². The fourth-order valence-corrected chi connectivity index (χ4v) is 5.72. The molecule has 0 aliphatic carbocycles. The summed E-state index contributed by atoms with van der Waals surface area (Å²) in [6, 6.07) is 3.39. The van der Waals surface area contributed by atoms with Crippen molar-refractivity contribution in [3.05, 3.63) is 33.8 Å². The quantitative estimate of drug-likeness (QED) is 0.513. The molecule has 1 aromatic rings. The maximum Gasteiger partial charge on any atom is 0.602 e. The van der Waals surface area contributed by atoms with Crippen LogP contribution >= 0.6 is 35.0 Å². The summed E-state index contributed by atoms with van der Waals surface area (Å²) in [6.45, 7) is 3.67. The number of rotatable bonds is 8. The molecule has 2 aliphatic rings. The second-order valence-electron chi connectivity index (χ2n) is 8.92. The Labute approximate surface area is 213 Å². The normalized spacial score (nSPS) is 21.9. The van der Waals surface area contributed by atoms with Gasteiger partial charge < -0.3 is 14.6 Å². The van der Waals surface area contributed by atoms with E-state index in [4.69, 9.17) is 32.5 Å². The SMILES string of the molecule is CC(C)C[C@H](CC(=O)CNC(=O)c1cc(Cl)ccc1Cl)B1OC(=O)[C@H]2CSC[C@@H](C(=O)O1)N2C. The molecule has 34 heavy (non-hydrogen) atoms. The zero-order valence-electron chi connectivity index (χ0n) is 19.2. The number of ketones is 1. The van der Waals surface area contributed by atoms with Crippen molar-refractivity contribution in [3.8, 4) is 0 Å². The van der Waals surface area contributed by atoms with Crippen molar-refractivity contribution in [3.63, 3.8) is 0 Å². The Balaban J connectivity index is 1.68. The van der Waals surface area contributed by atoms with Crippen molar-refractivity contribution in [1.29, 1.82) is 0 Å². The fraction of sp³-hybridized carbons (Fsp3) is 0.545. The predicted molar refractivity (Wildman–Crippen MR) is 132 cm³/mol. The van der Waals surface area contributed by atoms with Gasteiger partial charge in [0.2, 0.25) is 0 Å². The number of hydrogen-bond acceptors (Lipinski definition) is 8. The number of Topliss-reactive ketones (excluding diaryl/α,β-unsaturated/α-hetero) is 1. The van der Waals surface area contributed by atoms with Gasteiger partial charge in [-0.25, -0.2) is 0 Å². The Kier molecular flexibility index (Phi) is 9.31. The van der Waals surface area contributed by atoms with Gasteiger partial charge in [-0.1, -0.05) is 37.0 Å². The van der Waals surface area contributed by atoms with Crippen molar-refractivity contribution in [2.24, 2.45) is 5.92 Å². The first-order valence-corrected chi connectivity index (χ1v) is 12.9. The number of hydrogen-bond donors (Lipinski definition) is 1. The van der Waals surface area contributed by atoms with E-state index >= 15 is 0 Å². The summed E-state index contributed by atoms with van der Waals surface area (Å²) in [6.07, 6.45) is 0.456. The van der Waals surface area contributed by atoms with Crippen LogP contribution in [-0.2, 0) is 23.7 Å². The molecule has 1 amide bonds. The standard InChI is InChI=1S/C22H27BCl2N2O6S/c1-12(2)6-13(7-15(28)9-26-20(29)16-8-14(24)4-5-17(16)25)23-32-21(30)18-10-34-11-19(27(18)3)22(31)33-23/h4-5,8,12-13,18-19H,6-7,9-11H2,1-3H3,(H,26,29)/t13-,18-,19+/m1/s1. The van der Waals surface area contributed by atoms with Crippen LogP contribution in [0, 0.1) is 5.92 Å². The molecule has 1 N–H and O–H groups in total. The van der Waals surface area contributed by atoms with Crippen LogP contribution in [0.4, 0.5) is 0 Å². The van der Waals surface area contributed by atoms with Gasteiger partial charge in [-0.15, -0.1) is 0 Å². The molecule has 3 atom stereocenters. The van der Waals surface area contributed by atoms with E-state index < -0.39 is 42.9 Å². The van der Waals surface area contributed by atoms with Gasteiger partial charge in [0, 0.05) is 28.8 Å². The molecule has 8 nitrogen and oxygen atoms in total. The lowest BCUT2D eigenvalue weighted by Gasteiger charge is -2.40. The zero-order chi connectivity index (χ0) is 25.0. The largest absolute Gasteiger partial charge is 0.602 e. The molecule has 0 unspecified atom stereocenters. The second-order valence-corrected chi connectivity index (χ2v) is 10.8. The Morgan fingerprint density at radius 3 is 2.38 bits per heavy atom. The summed E-state index contributed by atoms with van der Waals surface area (Å²) in [4.78, 5) is 52.5. The van der Waals surface area contributed by atoms with Crippen LogP contribution in [0.25, 0.3) is 0 Å². The van der Waals surface area contributed by atoms with Crippen molar-refractivity contribution in [1.82, 2.24) is 10.2 Å². The average Bonchev–Trinajstić information content (AvgIpc) is 2.77. The molecule has 0 saturated carbocycles. The number of thioether (sulfide) groups is 1. The number of halogens is 2. The van der Waals surface area contributed by atoms with Crippen molar-refractivity contribution in [2.45, 2.75) is 44.6 Å². The van der Waals surface area contributed by atoms with E-state index in [-0.39, 0.29) is 35.3 Å². The molecule has 2 bridgehead atoms. The van der Waals surface area contributed by atoms with E-state index in [9.17, 15) is 19.2 Å². The molecule has 2 heterocycles. The minimum atomic E-state index is -1.16. The third-order valence-corrected chi connectivity index (χ3v) is 7.48. The van der Waals surface area contributed by atoms with E-state index in [1.807, 2.05) is 13.8 Å². The first-order chi connectivity index (χ1) is 16.1. The molecule has 0 aromatic heterocycles. The predicted octanol–water partition coefficient (Wildman–Crippen LogP) is 3.10. The first kappa shape index (κ1) is 26.9. The molecule has 0 spiro atoms. The topological polar surface area (TPSA) is 102 Å². The number of benzene rings is 1. The lowest BCUT2D eigenvalue weighted by molar-refractivity contribution is -0.153. The van der Waals surface area contributed by atoms with Crippen LogP contribution in [-0.4, -0.2) is 72.8 Å². The molecule has 12 heteroatoms. The third kappa shape index (κ3) is 6.68. The number of amides is 1. The van der Waals surface area contributed by atoms with Crippen LogP contribution in [0.3, 0.4) is 0 Å². The zero-order valence-corrected chi connectivity index (χ0v) is 21.5. The molecular weight excluding hydrogens is 502 g/mol. The summed E-state index contributed by atoms with van der Waals surface area (Å²) in [5.41, 5.74) is 0.164. The highest BCUT2D eigenvalue weighted by molar-refractivity contribution is 7.99. The molecule has 0 radical (unpaired) electrons. The number of fused-ring (bicyclic) bond motifs is 2. The van der Waals surface area contributed by atoms with Gasteiger partial charge in [-0.3, -0.25) is 24.1 Å². The summed E-state index contributed by atoms with van der Waals surface area (Å²) < 4.78 is 11.2. The summed E-state index contributed by atoms with van der Waals surface area (Å²) in [7, 11) is 0.549. The minimum Gasteiger partial charge on any atom is -0.498 e. The van der Waals surface area contributed by atoms with Crippen LogP contribution in [0.2, 0.25) is 15.9 Å². The highest BCUT2D eigenvalue weighted by Crippen LogP contribution is 2.31. The van der Waals surface area contributed by atoms with Crippen LogP contribution in [0.5, 0.6) is 0 Å². The number of carbonyl (C=O) groups is 4. The van der Waals surface area contributed by atoms with Crippen molar-refractivity contribution in [2.75, 3.05) is 25.1 Å². The molecule has 1 aromatic carbocycles. The van der Waals surface area contributed by atoms with Gasteiger partial charge in [-0.05, 0) is 37.6 Å². The van der Waals surface area contributed by atoms with Gasteiger partial charge >= 0.3 is 19.1 Å². The molecule has 2 fully saturated rings. The monoisotopic (exact) mass is 528 g/mol. The van der Waals surface area contributed by atoms with Gasteiger partial charge in [0.25, 0.3) is 5.91 Å². The lowest BCUT2D eigenvalue weighted by atomic mass is 9.65. The number of carbonyl (C=O) groups excluding carboxylic acids is 4. The fourth-order valence-electron chi connectivity index (χ4n) is 4.02. The van der Waals surface area contributed by atoms with Gasteiger partial charge in [0.1, 0.15) is 12.1 Å². The Hall–Kier alpha value is -1.75. The minimum absolute atomic E-state index is 0.0348. The van der Waals surface area contributed by atoms with E-state index in [1.165, 1.54) is 23.9 Å². The summed E-state index contributed by atoms with van der Waals surface area (Å²) >= 11 is 13.5. The number of nitrogens with one attached hydrogen (secondary N) is 1. The first-order valence-electron chi connectivity index (χ1n) is 11.0. The highest BCUT2D eigenvalue weighted by atomic mass is 35.5.